The van der Waals surface area contributed by atoms with Crippen molar-refractivity contribution in [1.82, 2.24) is 9.78 Å². The zero-order valence-corrected chi connectivity index (χ0v) is 10.9. The Kier molecular flexibility index (Phi) is 4.72. The van der Waals surface area contributed by atoms with Crippen LogP contribution >= 0.6 is 0 Å². The number of hydrogen-bond acceptors (Lipinski definition) is 4. The van der Waals surface area contributed by atoms with Gasteiger partial charge in [-0.1, -0.05) is 6.92 Å². The number of hydrogen-bond donors (Lipinski definition) is 2. The maximum absolute atomic E-state index is 10.5. The van der Waals surface area contributed by atoms with Crippen molar-refractivity contribution in [2.45, 2.75) is 26.7 Å². The first-order valence-corrected chi connectivity index (χ1v) is 5.85. The summed E-state index contributed by atoms with van der Waals surface area (Å²) in [4.78, 5) is 10.5. The predicted octanol–water partition coefficient (Wildman–Crippen LogP) is 1.51. The van der Waals surface area contributed by atoms with Crippen LogP contribution in [0.3, 0.4) is 0 Å². The Morgan fingerprint density at radius 2 is 2.33 bits per heavy atom. The van der Waals surface area contributed by atoms with E-state index in [4.69, 9.17) is 10.4 Å². The summed E-state index contributed by atoms with van der Waals surface area (Å²) in [5, 5.41) is 25.0. The molecule has 18 heavy (non-hydrogen) atoms. The molecule has 1 heterocycles. The molecule has 2 N–H and O–H groups in total. The Hall–Kier alpha value is -2.03. The molecule has 0 aliphatic rings. The van der Waals surface area contributed by atoms with Crippen molar-refractivity contribution in [2.24, 2.45) is 13.0 Å². The number of anilines is 1. The number of nitrogens with one attached hydrogen (secondary N) is 1. The predicted molar refractivity (Wildman–Crippen MR) is 67.2 cm³/mol. The van der Waals surface area contributed by atoms with Gasteiger partial charge in [-0.15, -0.1) is 0 Å². The average molecular weight is 250 g/mol. The van der Waals surface area contributed by atoms with Gasteiger partial charge in [-0.2, -0.15) is 10.4 Å². The van der Waals surface area contributed by atoms with E-state index in [1.54, 1.807) is 18.7 Å². The molecular weight excluding hydrogens is 232 g/mol. The van der Waals surface area contributed by atoms with Gasteiger partial charge in [0.15, 0.2) is 0 Å². The monoisotopic (exact) mass is 250 g/mol. The second kappa shape index (κ2) is 6.05. The van der Waals surface area contributed by atoms with Crippen molar-refractivity contribution in [3.63, 3.8) is 0 Å². The van der Waals surface area contributed by atoms with Gasteiger partial charge in [0, 0.05) is 20.0 Å². The van der Waals surface area contributed by atoms with Crippen molar-refractivity contribution in [1.29, 1.82) is 5.26 Å². The largest absolute Gasteiger partial charge is 0.481 e. The molecule has 1 aromatic heterocycles. The van der Waals surface area contributed by atoms with E-state index in [2.05, 4.69) is 16.5 Å². The lowest BCUT2D eigenvalue weighted by Gasteiger charge is -2.12. The number of aromatic nitrogens is 2. The second-order valence-corrected chi connectivity index (χ2v) is 4.46. The van der Waals surface area contributed by atoms with Gasteiger partial charge in [-0.3, -0.25) is 9.48 Å². The first-order chi connectivity index (χ1) is 8.45. The normalized spacial score (nSPS) is 11.9. The summed E-state index contributed by atoms with van der Waals surface area (Å²) in [5.74, 6) is 0.135. The van der Waals surface area contributed by atoms with Gasteiger partial charge in [-0.05, 0) is 19.3 Å². The number of carboxylic acid groups (broad SMARTS) is 1. The molecule has 0 amide bonds. The number of aryl methyl sites for hydroxylation is 2. The Balaban J connectivity index is 2.58. The molecule has 1 atom stereocenters. The second-order valence-electron chi connectivity index (χ2n) is 4.46. The van der Waals surface area contributed by atoms with Crippen LogP contribution < -0.4 is 5.32 Å². The van der Waals surface area contributed by atoms with Crippen LogP contribution in [-0.2, 0) is 11.8 Å². The summed E-state index contributed by atoms with van der Waals surface area (Å²) in [6.07, 6.45) is 0.777. The molecule has 1 rings (SSSR count). The topological polar surface area (TPSA) is 90.9 Å². The molecular formula is C12H18N4O2. The molecule has 0 aromatic carbocycles. The van der Waals surface area contributed by atoms with Crippen LogP contribution in [0, 0.1) is 24.2 Å². The number of nitrogens with zero attached hydrogens (tertiary/aromatic N) is 3. The van der Waals surface area contributed by atoms with Gasteiger partial charge in [0.05, 0.1) is 5.69 Å². The van der Waals surface area contributed by atoms with Crippen molar-refractivity contribution < 1.29 is 9.90 Å². The minimum Gasteiger partial charge on any atom is -0.481 e. The summed E-state index contributed by atoms with van der Waals surface area (Å²) in [6.45, 7) is 4.39. The van der Waals surface area contributed by atoms with E-state index >= 15 is 0 Å². The summed E-state index contributed by atoms with van der Waals surface area (Å²) < 4.78 is 1.64. The van der Waals surface area contributed by atoms with Crippen LogP contribution in [0.15, 0.2) is 0 Å². The van der Waals surface area contributed by atoms with E-state index in [1.165, 1.54) is 0 Å². The Morgan fingerprint density at radius 3 is 2.89 bits per heavy atom. The summed E-state index contributed by atoms with van der Waals surface area (Å²) in [7, 11) is 1.78. The highest BCUT2D eigenvalue weighted by molar-refractivity contribution is 5.66. The van der Waals surface area contributed by atoms with E-state index in [1.807, 2.05) is 6.92 Å². The van der Waals surface area contributed by atoms with Gasteiger partial charge in [0.2, 0.25) is 0 Å². The Morgan fingerprint density at radius 1 is 1.67 bits per heavy atom. The third-order valence-electron chi connectivity index (χ3n) is 2.80. The third kappa shape index (κ3) is 3.48. The van der Waals surface area contributed by atoms with Crippen LogP contribution in [0.1, 0.15) is 31.0 Å². The molecule has 1 aromatic rings. The fourth-order valence-electron chi connectivity index (χ4n) is 1.74. The molecule has 6 heteroatoms. The highest BCUT2D eigenvalue weighted by Crippen LogP contribution is 2.18. The van der Waals surface area contributed by atoms with Gasteiger partial charge < -0.3 is 10.4 Å². The molecule has 0 fully saturated rings. The zero-order valence-electron chi connectivity index (χ0n) is 10.9. The molecule has 0 aliphatic heterocycles. The van der Waals surface area contributed by atoms with Crippen LogP contribution in [-0.4, -0.2) is 27.4 Å². The molecule has 0 saturated carbocycles. The summed E-state index contributed by atoms with van der Waals surface area (Å²) in [6, 6.07) is 2.12. The number of nitriles is 1. The number of rotatable bonds is 6. The quantitative estimate of drug-likeness (QED) is 0.798. The highest BCUT2D eigenvalue weighted by atomic mass is 16.4. The van der Waals surface area contributed by atoms with Gasteiger partial charge in [-0.25, -0.2) is 0 Å². The van der Waals surface area contributed by atoms with Crippen molar-refractivity contribution in [3.8, 4) is 6.07 Å². The van der Waals surface area contributed by atoms with E-state index in [-0.39, 0.29) is 12.3 Å². The van der Waals surface area contributed by atoms with Gasteiger partial charge >= 0.3 is 5.97 Å². The van der Waals surface area contributed by atoms with Gasteiger partial charge in [0.1, 0.15) is 17.5 Å². The first kappa shape index (κ1) is 14.0. The molecule has 1 unspecified atom stereocenters. The molecule has 98 valence electrons. The fourth-order valence-corrected chi connectivity index (χ4v) is 1.74. The number of carboxylic acids is 1. The zero-order chi connectivity index (χ0) is 13.7. The van der Waals surface area contributed by atoms with E-state index in [9.17, 15) is 4.79 Å². The van der Waals surface area contributed by atoms with Crippen LogP contribution in [0.2, 0.25) is 0 Å². The highest BCUT2D eigenvalue weighted by Gasteiger charge is 2.13. The van der Waals surface area contributed by atoms with Gasteiger partial charge in [0.25, 0.3) is 0 Å². The maximum atomic E-state index is 10.5. The van der Waals surface area contributed by atoms with Crippen molar-refractivity contribution in [3.05, 3.63) is 11.3 Å². The standard InChI is InChI=1S/C12H18N4O2/c1-8(4-5-11(17)18)7-14-12-10(6-13)9(2)15-16(12)3/h8,14H,4-5,7H2,1-3H3,(H,17,18). The fraction of sp³-hybridized carbons (Fsp3) is 0.583. The molecule has 0 saturated heterocycles. The number of carbonyl (C=O) groups is 1. The van der Waals surface area contributed by atoms with Crippen LogP contribution in [0.25, 0.3) is 0 Å². The van der Waals surface area contributed by atoms with Crippen LogP contribution in [0.5, 0.6) is 0 Å². The van der Waals surface area contributed by atoms with Crippen molar-refractivity contribution >= 4 is 11.8 Å². The van der Waals surface area contributed by atoms with Crippen molar-refractivity contribution in [2.75, 3.05) is 11.9 Å². The maximum Gasteiger partial charge on any atom is 0.303 e. The van der Waals surface area contributed by atoms with Crippen LogP contribution in [0.4, 0.5) is 5.82 Å². The minimum atomic E-state index is -0.782. The van der Waals surface area contributed by atoms with E-state index < -0.39 is 5.97 Å². The van der Waals surface area contributed by atoms with E-state index in [0.29, 0.717) is 30.0 Å². The first-order valence-electron chi connectivity index (χ1n) is 5.85. The molecule has 0 bridgehead atoms. The SMILES string of the molecule is Cc1nn(C)c(NCC(C)CCC(=O)O)c1C#N. The molecule has 6 nitrogen and oxygen atoms in total. The molecule has 0 spiro atoms. The summed E-state index contributed by atoms with van der Waals surface area (Å²) >= 11 is 0. The lowest BCUT2D eigenvalue weighted by Crippen LogP contribution is -2.15. The van der Waals surface area contributed by atoms with E-state index in [0.717, 1.165) is 0 Å². The Bertz CT molecular complexity index is 473. The lowest BCUT2D eigenvalue weighted by atomic mass is 10.1. The molecule has 0 radical (unpaired) electrons. The number of aliphatic carboxylic acids is 1. The smallest absolute Gasteiger partial charge is 0.303 e. The summed E-state index contributed by atoms with van der Waals surface area (Å²) in [5.41, 5.74) is 1.24. The third-order valence-corrected chi connectivity index (χ3v) is 2.80. The lowest BCUT2D eigenvalue weighted by molar-refractivity contribution is -0.137. The Labute approximate surface area is 106 Å². The average Bonchev–Trinajstić information content (AvgIpc) is 2.57. The molecule has 0 aliphatic carbocycles. The minimum absolute atomic E-state index is 0.165.